The van der Waals surface area contributed by atoms with E-state index in [9.17, 15) is 13.2 Å². The third-order valence-corrected chi connectivity index (χ3v) is 5.29. The maximum Gasteiger partial charge on any atom is 0.522 e. The van der Waals surface area contributed by atoms with Crippen LogP contribution in [0.5, 0.6) is 0 Å². The second-order valence-electron chi connectivity index (χ2n) is 7.85. The van der Waals surface area contributed by atoms with Crippen molar-refractivity contribution in [3.8, 4) is 0 Å². The van der Waals surface area contributed by atoms with Gasteiger partial charge in [0.2, 0.25) is 0 Å². The Kier molecular flexibility index (Phi) is 15.9. The minimum atomic E-state index is -5.84. The zero-order valence-corrected chi connectivity index (χ0v) is 19.1. The summed E-state index contributed by atoms with van der Waals surface area (Å²) in [4.78, 5) is 2.29. The summed E-state index contributed by atoms with van der Waals surface area (Å²) < 4.78 is 57.5. The summed E-state index contributed by atoms with van der Waals surface area (Å²) >= 11 is 0. The van der Waals surface area contributed by atoms with E-state index in [1.54, 1.807) is 0 Å². The van der Waals surface area contributed by atoms with E-state index in [1.165, 1.54) is 89.2 Å². The van der Waals surface area contributed by atoms with Gasteiger partial charge in [-0.25, -0.2) is 0 Å². The van der Waals surface area contributed by atoms with E-state index in [4.69, 9.17) is 13.0 Å². The van der Waals surface area contributed by atoms with Gasteiger partial charge in [0.1, 0.15) is 0 Å². The summed E-state index contributed by atoms with van der Waals surface area (Å²) in [5.74, 6) is 0. The van der Waals surface area contributed by atoms with Crippen molar-refractivity contribution in [1.29, 1.82) is 0 Å². The molecule has 176 valence electrons. The van der Waals surface area contributed by atoms with Crippen LogP contribution in [0.2, 0.25) is 0 Å². The standard InChI is InChI=1S/C21H37N.CHF3O3S/c1-22(2)20-16-11-9-7-5-3-4-6-8-10-13-17-21-18-14-12-15-19-21;2-1(3,4)8(5,6)7/h12,14-15,18-19H,3-11,13,16-17,20H2,1-2H3;(H,5,6,7). The summed E-state index contributed by atoms with van der Waals surface area (Å²) in [6, 6.07) is 10.9. The van der Waals surface area contributed by atoms with Gasteiger partial charge in [0.05, 0.1) is 0 Å². The van der Waals surface area contributed by atoms with Crippen LogP contribution in [-0.4, -0.2) is 44.0 Å². The van der Waals surface area contributed by atoms with Crippen LogP contribution in [0.4, 0.5) is 13.2 Å². The Morgan fingerprint density at radius 2 is 1.13 bits per heavy atom. The third kappa shape index (κ3) is 17.7. The highest BCUT2D eigenvalue weighted by Crippen LogP contribution is 2.20. The molecule has 1 aromatic carbocycles. The number of rotatable bonds is 14. The molecule has 4 nitrogen and oxygen atoms in total. The molecule has 8 heteroatoms. The fourth-order valence-corrected chi connectivity index (χ4v) is 2.99. The normalized spacial score (nSPS) is 12.0. The first-order valence-corrected chi connectivity index (χ1v) is 12.2. The Bertz CT molecular complexity index is 620. The lowest BCUT2D eigenvalue weighted by Crippen LogP contribution is -2.21. The van der Waals surface area contributed by atoms with Crippen LogP contribution in [0, 0.1) is 0 Å². The molecule has 0 aliphatic rings. The van der Waals surface area contributed by atoms with Gasteiger partial charge in [-0.2, -0.15) is 21.6 Å². The van der Waals surface area contributed by atoms with E-state index >= 15 is 0 Å². The molecule has 0 fully saturated rings. The Hall–Kier alpha value is -1.12. The maximum absolute atomic E-state index is 10.7. The molecular weight excluding hydrogens is 415 g/mol. The van der Waals surface area contributed by atoms with Crippen molar-refractivity contribution in [3.05, 3.63) is 35.9 Å². The number of nitrogens with zero attached hydrogens (tertiary/aromatic N) is 1. The number of hydrogen-bond acceptors (Lipinski definition) is 3. The fraction of sp³-hybridized carbons (Fsp3) is 0.727. The van der Waals surface area contributed by atoms with Crippen LogP contribution in [0.1, 0.15) is 76.2 Å². The largest absolute Gasteiger partial charge is 0.522 e. The molecule has 0 saturated heterocycles. The smallest absolute Gasteiger partial charge is 0.309 e. The number of unbranched alkanes of at least 4 members (excludes halogenated alkanes) is 10. The number of hydrogen-bond donors (Lipinski definition) is 1. The first kappa shape index (κ1) is 28.9. The SMILES string of the molecule is CN(C)CCCCCCCCCCCCCc1ccccc1.O=S(=O)(O)C(F)(F)F. The molecule has 30 heavy (non-hydrogen) atoms. The number of halogens is 3. The topological polar surface area (TPSA) is 57.6 Å². The molecule has 0 aromatic heterocycles. The molecule has 1 aromatic rings. The maximum atomic E-state index is 10.7. The molecule has 0 aliphatic carbocycles. The Balaban J connectivity index is 0.000000890. The minimum absolute atomic E-state index is 1.25. The zero-order valence-electron chi connectivity index (χ0n) is 18.3. The highest BCUT2D eigenvalue weighted by atomic mass is 32.2. The Labute approximate surface area is 180 Å². The monoisotopic (exact) mass is 453 g/mol. The summed E-state index contributed by atoms with van der Waals surface area (Å²) in [5.41, 5.74) is -4.04. The van der Waals surface area contributed by atoms with Crippen molar-refractivity contribution >= 4 is 10.1 Å². The lowest BCUT2D eigenvalue weighted by atomic mass is 10.0. The lowest BCUT2D eigenvalue weighted by molar-refractivity contribution is -0.0510. The van der Waals surface area contributed by atoms with Crippen molar-refractivity contribution in [2.75, 3.05) is 20.6 Å². The highest BCUT2D eigenvalue weighted by Gasteiger charge is 2.44. The van der Waals surface area contributed by atoms with Crippen LogP contribution < -0.4 is 0 Å². The van der Waals surface area contributed by atoms with E-state index < -0.39 is 15.6 Å². The third-order valence-electron chi connectivity index (χ3n) is 4.71. The quantitative estimate of drug-likeness (QED) is 0.199. The summed E-state index contributed by atoms with van der Waals surface area (Å²) in [6.45, 7) is 1.25. The van der Waals surface area contributed by atoms with Crippen LogP contribution in [-0.2, 0) is 16.5 Å². The van der Waals surface area contributed by atoms with Gasteiger partial charge in [0.25, 0.3) is 0 Å². The van der Waals surface area contributed by atoms with Gasteiger partial charge in [0, 0.05) is 0 Å². The van der Waals surface area contributed by atoms with Gasteiger partial charge in [-0.3, -0.25) is 4.55 Å². The molecule has 0 atom stereocenters. The van der Waals surface area contributed by atoms with Gasteiger partial charge in [-0.15, -0.1) is 0 Å². The number of benzene rings is 1. The molecule has 0 aliphatic heterocycles. The summed E-state index contributed by atoms with van der Waals surface area (Å²) in [5, 5.41) is 0. The van der Waals surface area contributed by atoms with Crippen LogP contribution in [0.3, 0.4) is 0 Å². The molecule has 0 saturated carbocycles. The zero-order chi connectivity index (χ0) is 22.9. The lowest BCUT2D eigenvalue weighted by Gasteiger charge is -2.08. The number of alkyl halides is 3. The molecule has 0 unspecified atom stereocenters. The Morgan fingerprint density at radius 1 is 0.767 bits per heavy atom. The van der Waals surface area contributed by atoms with Crippen molar-refractivity contribution in [2.45, 2.75) is 82.6 Å². The molecule has 0 spiro atoms. The highest BCUT2D eigenvalue weighted by molar-refractivity contribution is 7.86. The Morgan fingerprint density at radius 3 is 1.50 bits per heavy atom. The van der Waals surface area contributed by atoms with Crippen LogP contribution in [0.15, 0.2) is 30.3 Å². The van der Waals surface area contributed by atoms with E-state index in [1.807, 2.05) is 0 Å². The molecule has 1 rings (SSSR count). The molecule has 1 N–H and O–H groups in total. The van der Waals surface area contributed by atoms with Gasteiger partial charge in [-0.1, -0.05) is 88.1 Å². The molecule has 0 bridgehead atoms. The second-order valence-corrected chi connectivity index (χ2v) is 9.26. The van der Waals surface area contributed by atoms with E-state index in [0.717, 1.165) is 0 Å². The number of aryl methyl sites for hydroxylation is 1. The van der Waals surface area contributed by atoms with E-state index in [-0.39, 0.29) is 0 Å². The van der Waals surface area contributed by atoms with E-state index in [2.05, 4.69) is 49.3 Å². The molecule has 0 radical (unpaired) electrons. The summed E-state index contributed by atoms with van der Waals surface area (Å²) in [7, 11) is -1.51. The average molecular weight is 454 g/mol. The fourth-order valence-electron chi connectivity index (χ4n) is 2.99. The molecule has 0 heterocycles. The molecular formula is C22H38F3NO3S. The molecule has 0 amide bonds. The predicted molar refractivity (Wildman–Crippen MR) is 117 cm³/mol. The van der Waals surface area contributed by atoms with Gasteiger partial charge >= 0.3 is 15.6 Å². The van der Waals surface area contributed by atoms with Crippen LogP contribution in [0.25, 0.3) is 0 Å². The van der Waals surface area contributed by atoms with Crippen LogP contribution >= 0.6 is 0 Å². The first-order chi connectivity index (χ1) is 14.0. The van der Waals surface area contributed by atoms with Gasteiger partial charge in [0.15, 0.2) is 0 Å². The van der Waals surface area contributed by atoms with E-state index in [0.29, 0.717) is 0 Å². The second kappa shape index (κ2) is 16.6. The first-order valence-electron chi connectivity index (χ1n) is 10.8. The van der Waals surface area contributed by atoms with Gasteiger partial charge < -0.3 is 4.90 Å². The average Bonchev–Trinajstić information content (AvgIpc) is 2.65. The van der Waals surface area contributed by atoms with Gasteiger partial charge in [-0.05, 0) is 45.5 Å². The van der Waals surface area contributed by atoms with Crippen molar-refractivity contribution in [1.82, 2.24) is 4.90 Å². The van der Waals surface area contributed by atoms with Crippen molar-refractivity contribution in [2.24, 2.45) is 0 Å². The van der Waals surface area contributed by atoms with Crippen molar-refractivity contribution < 1.29 is 26.1 Å². The predicted octanol–water partition coefficient (Wildman–Crippen LogP) is 6.48. The van der Waals surface area contributed by atoms with Crippen molar-refractivity contribution in [3.63, 3.8) is 0 Å². The summed E-state index contributed by atoms with van der Waals surface area (Å²) in [6.07, 6.45) is 16.9. The minimum Gasteiger partial charge on any atom is -0.309 e.